The lowest BCUT2D eigenvalue weighted by Crippen LogP contribution is -2.30. The summed E-state index contributed by atoms with van der Waals surface area (Å²) in [5, 5.41) is 3.00. The maximum atomic E-state index is 2.56. The SMILES string of the molecule is CC(C)(C)c1cc(C(C)(C)C)c(P=c2c(Cc3ccccc3)c(Cc3ccccc3)c2=Pc2c(C(C)(C)C)cc(C(C)(C)C)cc2C(C)(C)C)c(C(C)(C)C)c1. The Morgan fingerprint density at radius 1 is 0.339 bits per heavy atom. The van der Waals surface area contributed by atoms with E-state index in [0.717, 1.165) is 12.8 Å². The van der Waals surface area contributed by atoms with Crippen LogP contribution in [0.5, 0.6) is 0 Å². The van der Waals surface area contributed by atoms with E-state index in [1.807, 2.05) is 0 Å². The van der Waals surface area contributed by atoms with E-state index < -0.39 is 0 Å². The Hall–Kier alpha value is -3.04. The molecule has 0 N–H and O–H groups in total. The van der Waals surface area contributed by atoms with E-state index in [0.29, 0.717) is 0 Å². The van der Waals surface area contributed by atoms with Crippen LogP contribution in [0.4, 0.5) is 0 Å². The fourth-order valence-corrected chi connectivity index (χ4v) is 11.6. The van der Waals surface area contributed by atoms with Crippen molar-refractivity contribution < 1.29 is 0 Å². The first-order valence-electron chi connectivity index (χ1n) is 20.9. The van der Waals surface area contributed by atoms with Gasteiger partial charge in [0.2, 0.25) is 0 Å². The van der Waals surface area contributed by atoms with Crippen LogP contribution in [0.15, 0.2) is 84.9 Å². The standard InChI is InChI=1S/C54H72P2/c1-49(2,3)37-31-41(51(7,8)9)47(42(32-37)52(10,11)12)55-45-39(29-35-25-21-19-22-26-35)40(30-36-27-23-20-24-28-36)46(45)56-48-43(53(13,14)15)33-38(50(4,5)6)34-44(48)54(16,17)18/h19-28,31-34H,29-30H2,1-18H3. The lowest BCUT2D eigenvalue weighted by atomic mass is 9.75. The molecule has 0 fully saturated rings. The van der Waals surface area contributed by atoms with Crippen molar-refractivity contribution in [3.05, 3.63) is 150 Å². The maximum absolute atomic E-state index is 2.56. The molecule has 56 heavy (non-hydrogen) atoms. The lowest BCUT2D eigenvalue weighted by molar-refractivity contribution is 0.553. The van der Waals surface area contributed by atoms with Gasteiger partial charge in [0.1, 0.15) is 0 Å². The molecule has 0 aliphatic rings. The Kier molecular flexibility index (Phi) is 12.3. The third kappa shape index (κ3) is 9.97. The highest BCUT2D eigenvalue weighted by molar-refractivity contribution is 7.42. The minimum absolute atomic E-state index is 0.0104. The van der Waals surface area contributed by atoms with E-state index in [1.54, 1.807) is 0 Å². The van der Waals surface area contributed by atoms with E-state index in [9.17, 15) is 0 Å². The Morgan fingerprint density at radius 3 is 0.804 bits per heavy atom. The molecule has 5 aromatic carbocycles. The molecule has 0 radical (unpaired) electrons. The number of rotatable bonds is 6. The van der Waals surface area contributed by atoms with Gasteiger partial charge in [-0.3, -0.25) is 0 Å². The van der Waals surface area contributed by atoms with Gasteiger partial charge in [0.25, 0.3) is 0 Å². The van der Waals surface area contributed by atoms with Crippen molar-refractivity contribution in [3.8, 4) is 0 Å². The highest BCUT2D eigenvalue weighted by Crippen LogP contribution is 2.41. The summed E-state index contributed by atoms with van der Waals surface area (Å²) >= 11 is 0. The molecule has 0 aromatic heterocycles. The van der Waals surface area contributed by atoms with Crippen LogP contribution in [0.1, 0.15) is 180 Å². The van der Waals surface area contributed by atoms with Crippen LogP contribution in [0, 0.1) is 9.88 Å². The van der Waals surface area contributed by atoms with Crippen molar-refractivity contribution in [1.29, 1.82) is 0 Å². The number of hydrogen-bond donors (Lipinski definition) is 0. The zero-order valence-corrected chi connectivity index (χ0v) is 40.2. The summed E-state index contributed by atoms with van der Waals surface area (Å²) < 4.78 is 0. The molecule has 0 spiro atoms. The molecule has 5 aromatic rings. The Bertz CT molecular complexity index is 2030. The smallest absolute Gasteiger partial charge is 0.0184 e. The zero-order valence-electron chi connectivity index (χ0n) is 38.4. The van der Waals surface area contributed by atoms with Gasteiger partial charge in [-0.2, -0.15) is 0 Å². The summed E-state index contributed by atoms with van der Waals surface area (Å²) in [6.45, 7) is 43.2. The van der Waals surface area contributed by atoms with Gasteiger partial charge in [0, 0.05) is 20.5 Å². The molecule has 0 aliphatic carbocycles. The van der Waals surface area contributed by atoms with Gasteiger partial charge in [-0.05, 0) is 101 Å². The Morgan fingerprint density at radius 2 is 0.589 bits per heavy atom. The highest BCUT2D eigenvalue weighted by Gasteiger charge is 2.32. The molecule has 298 valence electrons. The molecule has 0 amide bonds. The molecule has 0 saturated heterocycles. The van der Waals surface area contributed by atoms with Crippen molar-refractivity contribution in [1.82, 2.24) is 0 Å². The average Bonchev–Trinajstić information content (AvgIpc) is 3.06. The van der Waals surface area contributed by atoms with E-state index in [4.69, 9.17) is 0 Å². The first-order chi connectivity index (χ1) is 25.6. The van der Waals surface area contributed by atoms with Gasteiger partial charge in [-0.1, -0.05) is 226 Å². The second-order valence-electron chi connectivity index (χ2n) is 22.5. The van der Waals surface area contributed by atoms with E-state index in [1.165, 1.54) is 92.5 Å². The minimum Gasteiger partial charge on any atom is -0.0622 e. The Labute approximate surface area is 345 Å². The molecule has 0 unspecified atom stereocenters. The van der Waals surface area contributed by atoms with Gasteiger partial charge in [0.15, 0.2) is 0 Å². The molecule has 2 heteroatoms. The molecular formula is C54H72P2. The molecule has 0 saturated carbocycles. The van der Waals surface area contributed by atoms with Crippen LogP contribution in [0.25, 0.3) is 0 Å². The lowest BCUT2D eigenvalue weighted by Gasteiger charge is -2.33. The van der Waals surface area contributed by atoms with Crippen LogP contribution >= 0.6 is 16.4 Å². The third-order valence-electron chi connectivity index (χ3n) is 11.2. The van der Waals surface area contributed by atoms with Crippen molar-refractivity contribution in [3.63, 3.8) is 0 Å². The van der Waals surface area contributed by atoms with Gasteiger partial charge in [-0.25, -0.2) is 0 Å². The van der Waals surface area contributed by atoms with Crippen molar-refractivity contribution in [2.45, 2.75) is 170 Å². The second kappa shape index (κ2) is 15.6. The predicted octanol–water partition coefficient (Wildman–Crippen LogP) is 15.1. The quantitative estimate of drug-likeness (QED) is 0.151. The molecule has 0 nitrogen and oxygen atoms in total. The molecule has 0 aliphatic heterocycles. The van der Waals surface area contributed by atoms with Gasteiger partial charge >= 0.3 is 0 Å². The summed E-state index contributed by atoms with van der Waals surface area (Å²) in [7, 11) is 2.65. The van der Waals surface area contributed by atoms with Gasteiger partial charge in [0.05, 0.1) is 0 Å². The predicted molar refractivity (Wildman–Crippen MR) is 252 cm³/mol. The fraction of sp³-hybridized carbons (Fsp3) is 0.481. The van der Waals surface area contributed by atoms with E-state index >= 15 is 0 Å². The van der Waals surface area contributed by atoms with Crippen LogP contribution in [-0.2, 0) is 45.3 Å². The van der Waals surface area contributed by atoms with Gasteiger partial charge < -0.3 is 0 Å². The third-order valence-corrected chi connectivity index (χ3v) is 14.3. The molecule has 0 atom stereocenters. The zero-order chi connectivity index (χ0) is 41.8. The van der Waals surface area contributed by atoms with E-state index in [2.05, 4.69) is 210 Å². The largest absolute Gasteiger partial charge is 0.0622 e. The average molecular weight is 783 g/mol. The first kappa shape index (κ1) is 44.1. The van der Waals surface area contributed by atoms with Crippen LogP contribution in [0.3, 0.4) is 0 Å². The van der Waals surface area contributed by atoms with Crippen LogP contribution in [0.2, 0.25) is 0 Å². The van der Waals surface area contributed by atoms with Crippen LogP contribution in [-0.4, -0.2) is 0 Å². The topological polar surface area (TPSA) is 0 Å². The van der Waals surface area contributed by atoms with E-state index in [-0.39, 0.29) is 32.5 Å². The monoisotopic (exact) mass is 783 g/mol. The van der Waals surface area contributed by atoms with Crippen LogP contribution < -0.4 is 10.6 Å². The summed E-state index contributed by atoms with van der Waals surface area (Å²) in [6.07, 6.45) is 1.89. The summed E-state index contributed by atoms with van der Waals surface area (Å²) in [5.41, 5.74) is 14.7. The highest BCUT2D eigenvalue weighted by atomic mass is 31.1. The first-order valence-corrected chi connectivity index (χ1v) is 22.7. The van der Waals surface area contributed by atoms with Crippen molar-refractivity contribution in [2.75, 3.05) is 0 Å². The molecule has 0 bridgehead atoms. The number of benzene rings is 4. The number of hydrogen-bond acceptors (Lipinski definition) is 0. The molecule has 0 heterocycles. The second-order valence-corrected chi connectivity index (χ2v) is 24.8. The van der Waals surface area contributed by atoms with Crippen molar-refractivity contribution >= 4 is 27.0 Å². The van der Waals surface area contributed by atoms with Gasteiger partial charge in [-0.15, -0.1) is 0 Å². The summed E-state index contributed by atoms with van der Waals surface area (Å²) in [5.74, 6) is 0. The summed E-state index contributed by atoms with van der Waals surface area (Å²) in [4.78, 5) is 3.06. The fourth-order valence-electron chi connectivity index (χ4n) is 7.62. The minimum atomic E-state index is -0.0104. The Balaban J connectivity index is 2.05. The maximum Gasteiger partial charge on any atom is 0.0184 e. The van der Waals surface area contributed by atoms with Crippen molar-refractivity contribution in [2.24, 2.45) is 0 Å². The summed E-state index contributed by atoms with van der Waals surface area (Å²) in [6, 6.07) is 32.6. The molecular weight excluding hydrogens is 711 g/mol. The normalized spacial score (nSPS) is 14.2. The molecule has 5 rings (SSSR count).